The average Bonchev–Trinajstić information content (AvgIpc) is 2.67. The number of primary sulfonamides is 1. The van der Waals surface area contributed by atoms with Gasteiger partial charge in [0, 0.05) is 11.6 Å². The summed E-state index contributed by atoms with van der Waals surface area (Å²) in [4.78, 5) is 0. The largest absolute Gasteiger partial charge is 0.508 e. The Hall–Kier alpha value is -1.11. The van der Waals surface area contributed by atoms with E-state index in [0.717, 1.165) is 12.0 Å². The molecule has 0 heterocycles. The molecule has 20 heavy (non-hydrogen) atoms. The van der Waals surface area contributed by atoms with Gasteiger partial charge in [-0.3, -0.25) is 0 Å². The summed E-state index contributed by atoms with van der Waals surface area (Å²) in [6.45, 7) is 4.77. The first-order valence-corrected chi connectivity index (χ1v) is 8.57. The van der Waals surface area contributed by atoms with Crippen molar-refractivity contribution in [1.29, 1.82) is 0 Å². The fourth-order valence-electron chi connectivity index (χ4n) is 3.08. The third-order valence-electron chi connectivity index (χ3n) is 3.91. The summed E-state index contributed by atoms with van der Waals surface area (Å²) in [7, 11) is -3.40. The van der Waals surface area contributed by atoms with Gasteiger partial charge in [0.25, 0.3) is 0 Å². The molecule has 0 aromatic heterocycles. The van der Waals surface area contributed by atoms with Crippen molar-refractivity contribution in [3.63, 3.8) is 0 Å². The standard InChI is InChI=1S/C14H22N2O3S/c1-9-4-5-12(17)14-11(8-10(2)13(9)14)16-6-3-7-20(15,18)19/h4-5,10-11,16-17H,3,6-8H2,1-2H3,(H2,15,18,19). The summed E-state index contributed by atoms with van der Waals surface area (Å²) < 4.78 is 21.8. The van der Waals surface area contributed by atoms with Crippen LogP contribution in [0, 0.1) is 6.92 Å². The zero-order chi connectivity index (χ0) is 14.9. The van der Waals surface area contributed by atoms with E-state index in [4.69, 9.17) is 5.14 Å². The van der Waals surface area contributed by atoms with Crippen LogP contribution >= 0.6 is 0 Å². The maximum atomic E-state index is 10.9. The van der Waals surface area contributed by atoms with Crippen molar-refractivity contribution >= 4 is 10.0 Å². The van der Waals surface area contributed by atoms with Gasteiger partial charge in [-0.2, -0.15) is 0 Å². The van der Waals surface area contributed by atoms with E-state index in [9.17, 15) is 13.5 Å². The van der Waals surface area contributed by atoms with Crippen LogP contribution in [0.2, 0.25) is 0 Å². The van der Waals surface area contributed by atoms with E-state index in [-0.39, 0.29) is 11.8 Å². The minimum Gasteiger partial charge on any atom is -0.508 e. The molecule has 6 heteroatoms. The summed E-state index contributed by atoms with van der Waals surface area (Å²) in [5, 5.41) is 18.4. The second-order valence-electron chi connectivity index (χ2n) is 5.59. The molecular formula is C14H22N2O3S. The number of benzene rings is 1. The Morgan fingerprint density at radius 1 is 1.40 bits per heavy atom. The van der Waals surface area contributed by atoms with Crippen molar-refractivity contribution in [3.05, 3.63) is 28.8 Å². The predicted octanol–water partition coefficient (Wildman–Crippen LogP) is 1.52. The highest BCUT2D eigenvalue weighted by Crippen LogP contribution is 2.45. The normalized spacial score (nSPS) is 21.9. The molecule has 1 aromatic carbocycles. The van der Waals surface area contributed by atoms with E-state index < -0.39 is 10.0 Å². The van der Waals surface area contributed by atoms with E-state index in [0.29, 0.717) is 24.6 Å². The molecule has 1 aliphatic carbocycles. The molecule has 0 radical (unpaired) electrons. The molecule has 1 aliphatic rings. The van der Waals surface area contributed by atoms with Gasteiger partial charge in [-0.25, -0.2) is 13.6 Å². The molecule has 0 amide bonds. The Morgan fingerprint density at radius 2 is 2.10 bits per heavy atom. The molecule has 0 spiro atoms. The van der Waals surface area contributed by atoms with Crippen molar-refractivity contribution in [2.24, 2.45) is 5.14 Å². The lowest BCUT2D eigenvalue weighted by Gasteiger charge is -2.15. The van der Waals surface area contributed by atoms with E-state index in [1.165, 1.54) is 11.1 Å². The Morgan fingerprint density at radius 3 is 2.75 bits per heavy atom. The molecule has 2 atom stereocenters. The molecule has 112 valence electrons. The quantitative estimate of drug-likeness (QED) is 0.719. The van der Waals surface area contributed by atoms with Gasteiger partial charge in [0.2, 0.25) is 10.0 Å². The van der Waals surface area contributed by atoms with Crippen LogP contribution in [-0.4, -0.2) is 25.8 Å². The zero-order valence-electron chi connectivity index (χ0n) is 11.9. The highest BCUT2D eigenvalue weighted by molar-refractivity contribution is 7.89. The highest BCUT2D eigenvalue weighted by Gasteiger charge is 2.31. The van der Waals surface area contributed by atoms with E-state index in [1.807, 2.05) is 6.07 Å². The summed E-state index contributed by atoms with van der Waals surface area (Å²) >= 11 is 0. The summed E-state index contributed by atoms with van der Waals surface area (Å²) in [5.74, 6) is 0.696. The summed E-state index contributed by atoms with van der Waals surface area (Å²) in [6.07, 6.45) is 1.40. The number of phenols is 1. The van der Waals surface area contributed by atoms with E-state index in [1.54, 1.807) is 6.07 Å². The van der Waals surface area contributed by atoms with Gasteiger partial charge < -0.3 is 10.4 Å². The Kier molecular flexibility index (Phi) is 4.36. The van der Waals surface area contributed by atoms with Gasteiger partial charge in [-0.05, 0) is 49.4 Å². The second kappa shape index (κ2) is 5.71. The number of fused-ring (bicyclic) bond motifs is 1. The highest BCUT2D eigenvalue weighted by atomic mass is 32.2. The fraction of sp³-hybridized carbons (Fsp3) is 0.571. The number of nitrogens with one attached hydrogen (secondary N) is 1. The third-order valence-corrected chi connectivity index (χ3v) is 4.77. The van der Waals surface area contributed by atoms with Crippen molar-refractivity contribution in [3.8, 4) is 5.75 Å². The molecule has 0 saturated heterocycles. The van der Waals surface area contributed by atoms with Crippen LogP contribution in [0.1, 0.15) is 48.4 Å². The fourth-order valence-corrected chi connectivity index (χ4v) is 3.63. The monoisotopic (exact) mass is 298 g/mol. The van der Waals surface area contributed by atoms with Gasteiger partial charge in [0.05, 0.1) is 5.75 Å². The smallest absolute Gasteiger partial charge is 0.209 e. The number of aryl methyl sites for hydroxylation is 1. The number of hydrogen-bond donors (Lipinski definition) is 3. The molecule has 0 bridgehead atoms. The number of phenolic OH excluding ortho intramolecular Hbond substituents is 1. The van der Waals surface area contributed by atoms with Gasteiger partial charge in [0.15, 0.2) is 0 Å². The maximum Gasteiger partial charge on any atom is 0.209 e. The Balaban J connectivity index is 2.05. The lowest BCUT2D eigenvalue weighted by molar-refractivity contribution is 0.445. The Bertz CT molecular complexity index is 599. The van der Waals surface area contributed by atoms with E-state index in [2.05, 4.69) is 19.2 Å². The van der Waals surface area contributed by atoms with E-state index >= 15 is 0 Å². The number of hydrogen-bond acceptors (Lipinski definition) is 4. The number of aromatic hydroxyl groups is 1. The molecule has 2 rings (SSSR count). The Labute approximate surface area is 120 Å². The minimum atomic E-state index is -3.40. The topological polar surface area (TPSA) is 92.4 Å². The van der Waals surface area contributed by atoms with Crippen LogP contribution in [0.3, 0.4) is 0 Å². The average molecular weight is 298 g/mol. The first kappa shape index (κ1) is 15.3. The lowest BCUT2D eigenvalue weighted by Crippen LogP contribution is -2.24. The van der Waals surface area contributed by atoms with Gasteiger partial charge in [-0.1, -0.05) is 13.0 Å². The first-order valence-electron chi connectivity index (χ1n) is 6.86. The number of nitrogens with two attached hydrogens (primary N) is 1. The van der Waals surface area contributed by atoms with Crippen LogP contribution in [0.25, 0.3) is 0 Å². The third kappa shape index (κ3) is 3.31. The molecule has 0 saturated carbocycles. The molecular weight excluding hydrogens is 276 g/mol. The first-order chi connectivity index (χ1) is 9.29. The minimum absolute atomic E-state index is 0.0189. The van der Waals surface area contributed by atoms with Crippen LogP contribution in [0.15, 0.2) is 12.1 Å². The van der Waals surface area contributed by atoms with Crippen molar-refractivity contribution in [2.75, 3.05) is 12.3 Å². The lowest BCUT2D eigenvalue weighted by atomic mass is 9.97. The molecule has 4 N–H and O–H groups in total. The van der Waals surface area contributed by atoms with Crippen LogP contribution in [0.4, 0.5) is 0 Å². The zero-order valence-corrected chi connectivity index (χ0v) is 12.7. The number of sulfonamides is 1. The van der Waals surface area contributed by atoms with Crippen molar-refractivity contribution in [1.82, 2.24) is 5.32 Å². The van der Waals surface area contributed by atoms with Crippen LogP contribution < -0.4 is 10.5 Å². The second-order valence-corrected chi connectivity index (χ2v) is 7.33. The molecule has 0 aliphatic heterocycles. The van der Waals surface area contributed by atoms with Crippen LogP contribution in [-0.2, 0) is 10.0 Å². The molecule has 1 aromatic rings. The number of rotatable bonds is 5. The predicted molar refractivity (Wildman–Crippen MR) is 79.2 cm³/mol. The van der Waals surface area contributed by atoms with Gasteiger partial charge in [0.1, 0.15) is 5.75 Å². The van der Waals surface area contributed by atoms with Gasteiger partial charge >= 0.3 is 0 Å². The van der Waals surface area contributed by atoms with Gasteiger partial charge in [-0.15, -0.1) is 0 Å². The maximum absolute atomic E-state index is 10.9. The molecule has 5 nitrogen and oxygen atoms in total. The SMILES string of the molecule is Cc1ccc(O)c2c1C(C)CC2NCCCS(N)(=O)=O. The molecule has 0 fully saturated rings. The van der Waals surface area contributed by atoms with Crippen molar-refractivity contribution in [2.45, 2.75) is 38.6 Å². The molecule has 2 unspecified atom stereocenters. The van der Waals surface area contributed by atoms with Crippen LogP contribution in [0.5, 0.6) is 5.75 Å². The summed E-state index contributed by atoms with van der Waals surface area (Å²) in [6, 6.07) is 3.75. The van der Waals surface area contributed by atoms with Crippen molar-refractivity contribution < 1.29 is 13.5 Å². The summed E-state index contributed by atoms with van der Waals surface area (Å²) in [5.41, 5.74) is 3.38.